The smallest absolute Gasteiger partial charge is 0.407 e. The molecule has 0 aromatic heterocycles. The Hall–Kier alpha value is -2.15. The maximum absolute atomic E-state index is 13.1. The molecule has 2 N–H and O–H groups in total. The average molecular weight is 391 g/mol. The van der Waals surface area contributed by atoms with Gasteiger partial charge in [-0.2, -0.15) is 0 Å². The highest BCUT2D eigenvalue weighted by molar-refractivity contribution is 5.85. The number of hydrogen-bond acceptors (Lipinski definition) is 3. The Kier molecular flexibility index (Phi) is 6.54. The van der Waals surface area contributed by atoms with Gasteiger partial charge in [-0.1, -0.05) is 25.5 Å². The van der Waals surface area contributed by atoms with E-state index in [-0.39, 0.29) is 17.8 Å². The minimum atomic E-state index is -1.08. The first kappa shape index (κ1) is 20.6. The Morgan fingerprint density at radius 3 is 2.64 bits per heavy atom. The third-order valence-electron chi connectivity index (χ3n) is 6.21. The molecule has 2 amide bonds. The summed E-state index contributed by atoms with van der Waals surface area (Å²) < 4.78 is 13.1. The molecule has 0 bridgehead atoms. The fourth-order valence-electron chi connectivity index (χ4n) is 4.70. The molecule has 1 saturated heterocycles. The van der Waals surface area contributed by atoms with E-state index >= 15 is 0 Å². The molecule has 28 heavy (non-hydrogen) atoms. The van der Waals surface area contributed by atoms with E-state index in [2.05, 4.69) is 10.2 Å². The summed E-state index contributed by atoms with van der Waals surface area (Å²) in [5, 5.41) is 12.4. The van der Waals surface area contributed by atoms with E-state index in [9.17, 15) is 19.1 Å². The fourth-order valence-corrected chi connectivity index (χ4v) is 4.70. The highest BCUT2D eigenvalue weighted by Gasteiger charge is 2.43. The number of carbonyl (C=O) groups excluding carboxylic acids is 1. The molecule has 1 saturated carbocycles. The number of nitrogens with one attached hydrogen (secondary N) is 1. The number of benzene rings is 1. The van der Waals surface area contributed by atoms with Gasteiger partial charge in [-0.15, -0.1) is 0 Å². The lowest BCUT2D eigenvalue weighted by Gasteiger charge is -2.28. The Bertz CT molecular complexity index is 697. The van der Waals surface area contributed by atoms with Crippen LogP contribution in [0.3, 0.4) is 0 Å². The maximum atomic E-state index is 13.1. The summed E-state index contributed by atoms with van der Waals surface area (Å²) in [7, 11) is 1.46. The summed E-state index contributed by atoms with van der Waals surface area (Å²) in [6.07, 6.45) is 2.21. The second-order valence-electron chi connectivity index (χ2n) is 8.13. The van der Waals surface area contributed by atoms with E-state index < -0.39 is 12.1 Å². The van der Waals surface area contributed by atoms with Crippen LogP contribution in [0.2, 0.25) is 0 Å². The van der Waals surface area contributed by atoms with Crippen LogP contribution in [0.1, 0.15) is 38.2 Å². The van der Waals surface area contributed by atoms with Crippen molar-refractivity contribution in [3.05, 3.63) is 35.6 Å². The van der Waals surface area contributed by atoms with Gasteiger partial charge in [0, 0.05) is 32.7 Å². The van der Waals surface area contributed by atoms with Crippen LogP contribution in [0.15, 0.2) is 24.3 Å². The molecule has 154 valence electrons. The van der Waals surface area contributed by atoms with Crippen molar-refractivity contribution in [3.63, 3.8) is 0 Å². The number of carbonyl (C=O) groups is 2. The fraction of sp³-hybridized carbons (Fsp3) is 0.619. The molecule has 6 nitrogen and oxygen atoms in total. The van der Waals surface area contributed by atoms with E-state index in [1.807, 2.05) is 19.1 Å². The highest BCUT2D eigenvalue weighted by Crippen LogP contribution is 2.38. The van der Waals surface area contributed by atoms with E-state index in [0.29, 0.717) is 18.3 Å². The summed E-state index contributed by atoms with van der Waals surface area (Å²) in [6, 6.07) is 6.07. The minimum absolute atomic E-state index is 0.0947. The SMILES string of the molecule is CCC[C@@H](C(=O)N[C@@H]1CC[C@H]2CN(Cc3ccc(F)cc3)C[C@H]21)N(C)C(=O)O. The van der Waals surface area contributed by atoms with Crippen molar-refractivity contribution in [2.24, 2.45) is 11.8 Å². The van der Waals surface area contributed by atoms with Gasteiger partial charge in [0.2, 0.25) is 5.91 Å². The van der Waals surface area contributed by atoms with Crippen molar-refractivity contribution in [1.82, 2.24) is 15.1 Å². The summed E-state index contributed by atoms with van der Waals surface area (Å²) in [4.78, 5) is 27.5. The first-order valence-electron chi connectivity index (χ1n) is 10.1. The van der Waals surface area contributed by atoms with Crippen LogP contribution in [0, 0.1) is 17.7 Å². The van der Waals surface area contributed by atoms with E-state index in [1.165, 1.54) is 19.2 Å². The van der Waals surface area contributed by atoms with Gasteiger partial charge in [-0.25, -0.2) is 9.18 Å². The molecule has 0 spiro atoms. The van der Waals surface area contributed by atoms with Crippen LogP contribution in [-0.2, 0) is 11.3 Å². The lowest BCUT2D eigenvalue weighted by molar-refractivity contribution is -0.126. The average Bonchev–Trinajstić information content (AvgIpc) is 3.22. The second kappa shape index (κ2) is 8.90. The Labute approximate surface area is 165 Å². The molecule has 0 radical (unpaired) electrons. The first-order valence-corrected chi connectivity index (χ1v) is 10.1. The number of nitrogens with zero attached hydrogens (tertiary/aromatic N) is 2. The quantitative estimate of drug-likeness (QED) is 0.750. The molecule has 1 aliphatic heterocycles. The second-order valence-corrected chi connectivity index (χ2v) is 8.13. The van der Waals surface area contributed by atoms with E-state index in [4.69, 9.17) is 0 Å². The van der Waals surface area contributed by atoms with Gasteiger partial charge >= 0.3 is 6.09 Å². The van der Waals surface area contributed by atoms with Crippen LogP contribution >= 0.6 is 0 Å². The molecule has 2 aliphatic rings. The Balaban J connectivity index is 1.58. The van der Waals surface area contributed by atoms with Crippen LogP contribution in [-0.4, -0.2) is 59.1 Å². The lowest BCUT2D eigenvalue weighted by atomic mass is 9.97. The van der Waals surface area contributed by atoms with E-state index in [1.54, 1.807) is 0 Å². The molecule has 0 unspecified atom stereocenters. The zero-order valence-electron chi connectivity index (χ0n) is 16.6. The summed E-state index contributed by atoms with van der Waals surface area (Å²) in [5.41, 5.74) is 1.09. The molecule has 1 aromatic carbocycles. The predicted octanol–water partition coefficient (Wildman–Crippen LogP) is 2.93. The third kappa shape index (κ3) is 4.63. The largest absolute Gasteiger partial charge is 0.465 e. The van der Waals surface area contributed by atoms with Crippen LogP contribution < -0.4 is 5.32 Å². The zero-order valence-corrected chi connectivity index (χ0v) is 16.6. The van der Waals surface area contributed by atoms with Crippen molar-refractivity contribution in [2.75, 3.05) is 20.1 Å². The minimum Gasteiger partial charge on any atom is -0.465 e. The number of carboxylic acid groups (broad SMARTS) is 1. The van der Waals surface area contributed by atoms with Crippen LogP contribution in [0.5, 0.6) is 0 Å². The molecule has 7 heteroatoms. The maximum Gasteiger partial charge on any atom is 0.407 e. The molecule has 1 aliphatic carbocycles. The van der Waals surface area contributed by atoms with Crippen molar-refractivity contribution >= 4 is 12.0 Å². The predicted molar refractivity (Wildman–Crippen MR) is 104 cm³/mol. The van der Waals surface area contributed by atoms with Gasteiger partial charge in [0.05, 0.1) is 0 Å². The monoisotopic (exact) mass is 391 g/mol. The first-order chi connectivity index (χ1) is 13.4. The van der Waals surface area contributed by atoms with Gasteiger partial charge < -0.3 is 10.4 Å². The highest BCUT2D eigenvalue weighted by atomic mass is 19.1. The van der Waals surface area contributed by atoms with Gasteiger partial charge in [0.15, 0.2) is 0 Å². The number of likely N-dealkylation sites (N-methyl/N-ethyl adjacent to an activating group) is 1. The van der Waals surface area contributed by atoms with Crippen molar-refractivity contribution in [1.29, 1.82) is 0 Å². The van der Waals surface area contributed by atoms with Gasteiger partial charge in [0.1, 0.15) is 11.9 Å². The molecule has 3 rings (SSSR count). The molecule has 2 fully saturated rings. The number of rotatable bonds is 7. The van der Waals surface area contributed by atoms with Gasteiger partial charge in [-0.05, 0) is 48.8 Å². The van der Waals surface area contributed by atoms with Gasteiger partial charge in [0.25, 0.3) is 0 Å². The Morgan fingerprint density at radius 2 is 2.00 bits per heavy atom. The van der Waals surface area contributed by atoms with Crippen molar-refractivity contribution in [2.45, 2.75) is 51.2 Å². The number of hydrogen-bond donors (Lipinski definition) is 2. The number of halogens is 1. The molecular weight excluding hydrogens is 361 g/mol. The van der Waals surface area contributed by atoms with E-state index in [0.717, 1.165) is 49.4 Å². The number of likely N-dealkylation sites (tertiary alicyclic amines) is 1. The van der Waals surface area contributed by atoms with Crippen LogP contribution in [0.4, 0.5) is 9.18 Å². The topological polar surface area (TPSA) is 72.9 Å². The van der Waals surface area contributed by atoms with Crippen molar-refractivity contribution < 1.29 is 19.1 Å². The van der Waals surface area contributed by atoms with Crippen molar-refractivity contribution in [3.8, 4) is 0 Å². The Morgan fingerprint density at radius 1 is 1.29 bits per heavy atom. The molecular formula is C21H30FN3O3. The third-order valence-corrected chi connectivity index (χ3v) is 6.21. The molecule has 1 heterocycles. The summed E-state index contributed by atoms with van der Waals surface area (Å²) >= 11 is 0. The summed E-state index contributed by atoms with van der Waals surface area (Å²) in [6.45, 7) is 4.63. The lowest BCUT2D eigenvalue weighted by Crippen LogP contribution is -2.51. The summed E-state index contributed by atoms with van der Waals surface area (Å²) in [5.74, 6) is 0.529. The van der Waals surface area contributed by atoms with Gasteiger partial charge in [-0.3, -0.25) is 14.6 Å². The standard InChI is InChI=1S/C21H30FN3O3/c1-3-4-19(24(2)21(27)28)20(26)23-18-10-7-15-12-25(13-17(15)18)11-14-5-8-16(22)9-6-14/h5-6,8-9,15,17-19H,3-4,7,10-13H2,1-2H3,(H,23,26)(H,27,28)/t15-,17+,18+,19-/m0/s1. The molecule has 4 atom stereocenters. The molecule has 1 aromatic rings. The van der Waals surface area contributed by atoms with Crippen LogP contribution in [0.25, 0.3) is 0 Å². The normalized spacial score (nSPS) is 25.3. The number of fused-ring (bicyclic) bond motifs is 1. The number of amides is 2. The zero-order chi connectivity index (χ0) is 20.3.